The Morgan fingerprint density at radius 2 is 1.88 bits per heavy atom. The molecule has 1 amide bonds. The average Bonchev–Trinajstić information content (AvgIpc) is 2.52. The standard InChI is InChI=1S/C21H34N2O3/c1-5-21(12-9-13-21)22-15-18(24)17(14-16-10-7-6-8-11-16)23(19(25)26)20(2,3)4/h6-8,10-11,17-18,22,24H,5,9,12-15H2,1-4H3,(H,25,26)/t17-,18-/m0/s1. The molecule has 146 valence electrons. The fourth-order valence-electron chi connectivity index (χ4n) is 3.90. The summed E-state index contributed by atoms with van der Waals surface area (Å²) in [4.78, 5) is 13.4. The molecule has 3 N–H and O–H groups in total. The minimum Gasteiger partial charge on any atom is -0.465 e. The van der Waals surface area contributed by atoms with E-state index in [-0.39, 0.29) is 5.54 Å². The second-order valence-corrected chi connectivity index (χ2v) is 8.52. The molecule has 2 rings (SSSR count). The van der Waals surface area contributed by atoms with E-state index in [9.17, 15) is 15.0 Å². The highest BCUT2D eigenvalue weighted by atomic mass is 16.4. The van der Waals surface area contributed by atoms with Gasteiger partial charge >= 0.3 is 6.09 Å². The van der Waals surface area contributed by atoms with Crippen molar-refractivity contribution in [3.63, 3.8) is 0 Å². The maximum absolute atomic E-state index is 12.0. The van der Waals surface area contributed by atoms with E-state index in [1.54, 1.807) is 0 Å². The predicted molar refractivity (Wildman–Crippen MR) is 104 cm³/mol. The molecule has 0 saturated heterocycles. The number of hydrogen-bond acceptors (Lipinski definition) is 3. The summed E-state index contributed by atoms with van der Waals surface area (Å²) in [5, 5.41) is 24.3. The van der Waals surface area contributed by atoms with Gasteiger partial charge in [-0.25, -0.2) is 4.79 Å². The van der Waals surface area contributed by atoms with Gasteiger partial charge in [0.15, 0.2) is 0 Å². The van der Waals surface area contributed by atoms with Gasteiger partial charge in [0, 0.05) is 17.6 Å². The monoisotopic (exact) mass is 362 g/mol. The number of nitrogens with one attached hydrogen (secondary N) is 1. The highest BCUT2D eigenvalue weighted by Crippen LogP contribution is 2.34. The molecule has 0 aliphatic heterocycles. The number of amides is 1. The molecule has 0 bridgehead atoms. The number of carboxylic acid groups (broad SMARTS) is 1. The molecule has 1 aromatic rings. The van der Waals surface area contributed by atoms with Gasteiger partial charge in [0.1, 0.15) is 0 Å². The zero-order chi connectivity index (χ0) is 19.4. The molecule has 0 heterocycles. The lowest BCUT2D eigenvalue weighted by Crippen LogP contribution is -2.60. The highest BCUT2D eigenvalue weighted by molar-refractivity contribution is 5.66. The molecular formula is C21H34N2O3. The normalized spacial score (nSPS) is 18.7. The van der Waals surface area contributed by atoms with Crippen LogP contribution < -0.4 is 5.32 Å². The van der Waals surface area contributed by atoms with E-state index in [2.05, 4.69) is 12.2 Å². The Kier molecular flexibility index (Phi) is 6.69. The molecule has 0 aromatic heterocycles. The quantitative estimate of drug-likeness (QED) is 0.660. The third kappa shape index (κ3) is 4.98. The van der Waals surface area contributed by atoms with Gasteiger partial charge in [0.25, 0.3) is 0 Å². The van der Waals surface area contributed by atoms with Gasteiger partial charge in [-0.2, -0.15) is 0 Å². The first-order valence-electron chi connectivity index (χ1n) is 9.68. The van der Waals surface area contributed by atoms with Crippen molar-refractivity contribution in [3.8, 4) is 0 Å². The van der Waals surface area contributed by atoms with Gasteiger partial charge in [-0.3, -0.25) is 4.90 Å². The molecule has 5 nitrogen and oxygen atoms in total. The summed E-state index contributed by atoms with van der Waals surface area (Å²) in [7, 11) is 0. The Bertz CT molecular complexity index is 573. The number of hydrogen-bond donors (Lipinski definition) is 3. The number of β-amino-alcohol motifs (C(OH)–C–C–N with tert-alkyl or cyclic N) is 1. The van der Waals surface area contributed by atoms with Crippen molar-refractivity contribution in [1.82, 2.24) is 10.2 Å². The zero-order valence-corrected chi connectivity index (χ0v) is 16.5. The summed E-state index contributed by atoms with van der Waals surface area (Å²) < 4.78 is 0. The van der Waals surface area contributed by atoms with E-state index in [1.165, 1.54) is 11.3 Å². The fourth-order valence-corrected chi connectivity index (χ4v) is 3.90. The first-order chi connectivity index (χ1) is 12.2. The second-order valence-electron chi connectivity index (χ2n) is 8.52. The number of nitrogens with zero attached hydrogens (tertiary/aromatic N) is 1. The van der Waals surface area contributed by atoms with Crippen LogP contribution in [0.15, 0.2) is 30.3 Å². The van der Waals surface area contributed by atoms with Crippen LogP contribution in [0.25, 0.3) is 0 Å². The molecule has 1 aliphatic carbocycles. The second kappa shape index (κ2) is 8.40. The molecule has 2 atom stereocenters. The average molecular weight is 363 g/mol. The van der Waals surface area contributed by atoms with Crippen LogP contribution in [0, 0.1) is 0 Å². The van der Waals surface area contributed by atoms with E-state index in [0.29, 0.717) is 13.0 Å². The molecule has 1 aromatic carbocycles. The van der Waals surface area contributed by atoms with E-state index in [1.807, 2.05) is 51.1 Å². The maximum Gasteiger partial charge on any atom is 0.408 e. The molecule has 0 radical (unpaired) electrons. The molecule has 5 heteroatoms. The summed E-state index contributed by atoms with van der Waals surface area (Å²) in [6, 6.07) is 9.29. The van der Waals surface area contributed by atoms with Crippen molar-refractivity contribution in [3.05, 3.63) is 35.9 Å². The van der Waals surface area contributed by atoms with Crippen molar-refractivity contribution in [2.75, 3.05) is 6.54 Å². The molecular weight excluding hydrogens is 328 g/mol. The minimum atomic E-state index is -0.994. The smallest absolute Gasteiger partial charge is 0.408 e. The van der Waals surface area contributed by atoms with E-state index in [0.717, 1.165) is 24.8 Å². The van der Waals surface area contributed by atoms with E-state index in [4.69, 9.17) is 0 Å². The minimum absolute atomic E-state index is 0.119. The van der Waals surface area contributed by atoms with Gasteiger partial charge in [0.05, 0.1) is 12.1 Å². The van der Waals surface area contributed by atoms with Gasteiger partial charge < -0.3 is 15.5 Å². The number of aliphatic hydroxyl groups excluding tert-OH is 1. The van der Waals surface area contributed by atoms with Crippen molar-refractivity contribution in [1.29, 1.82) is 0 Å². The number of carbonyl (C=O) groups is 1. The van der Waals surface area contributed by atoms with Gasteiger partial charge in [0.2, 0.25) is 0 Å². The van der Waals surface area contributed by atoms with Gasteiger partial charge in [-0.1, -0.05) is 37.3 Å². The first kappa shape index (κ1) is 20.7. The van der Waals surface area contributed by atoms with Crippen LogP contribution in [0.2, 0.25) is 0 Å². The van der Waals surface area contributed by atoms with Crippen molar-refractivity contribution in [2.24, 2.45) is 0 Å². The van der Waals surface area contributed by atoms with Crippen molar-refractivity contribution >= 4 is 6.09 Å². The summed E-state index contributed by atoms with van der Waals surface area (Å²) >= 11 is 0. The lowest BCUT2D eigenvalue weighted by Gasteiger charge is -2.45. The molecule has 1 aliphatic rings. The van der Waals surface area contributed by atoms with Crippen molar-refractivity contribution in [2.45, 2.75) is 83.0 Å². The number of benzene rings is 1. The summed E-state index contributed by atoms with van der Waals surface area (Å²) in [6.07, 6.45) is 3.23. The Morgan fingerprint density at radius 3 is 2.31 bits per heavy atom. The molecule has 0 spiro atoms. The highest BCUT2D eigenvalue weighted by Gasteiger charge is 2.39. The van der Waals surface area contributed by atoms with Crippen LogP contribution in [-0.2, 0) is 6.42 Å². The number of aliphatic hydroxyl groups is 1. The van der Waals surface area contributed by atoms with E-state index < -0.39 is 23.8 Å². The van der Waals surface area contributed by atoms with Crippen LogP contribution in [0.4, 0.5) is 4.79 Å². The first-order valence-corrected chi connectivity index (χ1v) is 9.68. The third-order valence-electron chi connectivity index (χ3n) is 5.67. The predicted octanol–water partition coefficient (Wildman–Crippen LogP) is 3.66. The summed E-state index contributed by atoms with van der Waals surface area (Å²) in [5.74, 6) is 0. The molecule has 26 heavy (non-hydrogen) atoms. The molecule has 1 fully saturated rings. The third-order valence-corrected chi connectivity index (χ3v) is 5.67. The fraction of sp³-hybridized carbons (Fsp3) is 0.667. The Balaban J connectivity index is 2.19. The Labute approximate surface area is 157 Å². The van der Waals surface area contributed by atoms with Crippen LogP contribution >= 0.6 is 0 Å². The molecule has 0 unspecified atom stereocenters. The van der Waals surface area contributed by atoms with Crippen LogP contribution in [-0.4, -0.2) is 51.0 Å². The lowest BCUT2D eigenvalue weighted by atomic mass is 9.74. The topological polar surface area (TPSA) is 72.8 Å². The van der Waals surface area contributed by atoms with Crippen molar-refractivity contribution < 1.29 is 15.0 Å². The largest absolute Gasteiger partial charge is 0.465 e. The summed E-state index contributed by atoms with van der Waals surface area (Å²) in [6.45, 7) is 8.19. The SMILES string of the molecule is CCC1(NC[C@H](O)[C@H](Cc2ccccc2)N(C(=O)O)C(C)(C)C)CCC1. The van der Waals surface area contributed by atoms with Crippen LogP contribution in [0.1, 0.15) is 58.9 Å². The Hall–Kier alpha value is -1.59. The molecule has 1 saturated carbocycles. The lowest BCUT2D eigenvalue weighted by molar-refractivity contribution is 0.00174. The maximum atomic E-state index is 12.0. The number of rotatable bonds is 8. The van der Waals surface area contributed by atoms with Gasteiger partial charge in [-0.05, 0) is 58.4 Å². The Morgan fingerprint density at radius 1 is 1.27 bits per heavy atom. The van der Waals surface area contributed by atoms with Gasteiger partial charge in [-0.15, -0.1) is 0 Å². The zero-order valence-electron chi connectivity index (χ0n) is 16.5. The summed E-state index contributed by atoms with van der Waals surface area (Å²) in [5.41, 5.74) is 0.556. The van der Waals surface area contributed by atoms with Crippen LogP contribution in [0.3, 0.4) is 0 Å². The van der Waals surface area contributed by atoms with Crippen LogP contribution in [0.5, 0.6) is 0 Å². The van der Waals surface area contributed by atoms with E-state index >= 15 is 0 Å².